The summed E-state index contributed by atoms with van der Waals surface area (Å²) < 4.78 is 12.6. The molecule has 0 spiro atoms. The zero-order valence-electron chi connectivity index (χ0n) is 20.6. The Hall–Kier alpha value is -3.22. The molecule has 0 unspecified atom stereocenters. The van der Waals surface area contributed by atoms with Crippen molar-refractivity contribution in [3.63, 3.8) is 0 Å². The van der Waals surface area contributed by atoms with Crippen molar-refractivity contribution in [3.8, 4) is 39.4 Å². The van der Waals surface area contributed by atoms with Crippen molar-refractivity contribution in [2.24, 2.45) is 0 Å². The number of nitrogens with one attached hydrogen (secondary N) is 1. The first-order valence-corrected chi connectivity index (χ1v) is 13.7. The highest BCUT2D eigenvalue weighted by Gasteiger charge is 2.22. The quantitative estimate of drug-likeness (QED) is 0.221. The number of fused-ring (bicyclic) bond motifs is 2. The molecule has 3 heterocycles. The number of aromatic nitrogens is 1. The summed E-state index contributed by atoms with van der Waals surface area (Å²) in [5, 5.41) is 7.44. The summed E-state index contributed by atoms with van der Waals surface area (Å²) in [6.45, 7) is 2.92. The average Bonchev–Trinajstić information content (AvgIpc) is 3.42. The first-order chi connectivity index (χ1) is 18.2. The Bertz CT molecular complexity index is 1580. The molecule has 2 aromatic heterocycles. The number of methoxy groups -OCH3 is 1. The number of hydrogen-bond acceptors (Lipinski definition) is 5. The van der Waals surface area contributed by atoms with Gasteiger partial charge in [0, 0.05) is 51.0 Å². The van der Waals surface area contributed by atoms with Gasteiger partial charge in [-0.3, -0.25) is 0 Å². The molecule has 1 N–H and O–H groups in total. The predicted octanol–water partition coefficient (Wildman–Crippen LogP) is 7.62. The van der Waals surface area contributed by atoms with Crippen molar-refractivity contribution in [3.05, 3.63) is 94.3 Å². The van der Waals surface area contributed by atoms with Crippen LogP contribution < -0.4 is 10.1 Å². The van der Waals surface area contributed by atoms with Crippen molar-refractivity contribution in [1.82, 2.24) is 10.3 Å². The van der Waals surface area contributed by atoms with Crippen LogP contribution in [0.4, 0.5) is 0 Å². The van der Waals surface area contributed by atoms with Crippen LogP contribution in [0.15, 0.2) is 78.2 Å². The Morgan fingerprint density at radius 2 is 1.81 bits per heavy atom. The number of nitrogens with zero attached hydrogens (tertiary/aromatic N) is 1. The number of halogens is 1. The Kier molecular flexibility index (Phi) is 6.94. The second-order valence-electron chi connectivity index (χ2n) is 9.11. The fourth-order valence-corrected chi connectivity index (χ4v) is 6.14. The molecule has 3 aromatic carbocycles. The summed E-state index contributed by atoms with van der Waals surface area (Å²) >= 11 is 8.21. The fraction of sp³-hybridized carbons (Fsp3) is 0.194. The molecule has 0 saturated heterocycles. The molecular formula is C31H27ClN2O2S. The molecular weight excluding hydrogens is 500 g/mol. The third kappa shape index (κ3) is 4.76. The third-order valence-electron chi connectivity index (χ3n) is 6.77. The van der Waals surface area contributed by atoms with Gasteiger partial charge in [0.05, 0.1) is 18.0 Å². The van der Waals surface area contributed by atoms with E-state index in [2.05, 4.69) is 47.1 Å². The molecule has 186 valence electrons. The molecule has 0 atom stereocenters. The van der Waals surface area contributed by atoms with Gasteiger partial charge < -0.3 is 14.8 Å². The predicted molar refractivity (Wildman–Crippen MR) is 154 cm³/mol. The number of rotatable bonds is 7. The lowest BCUT2D eigenvalue weighted by molar-refractivity contribution is 0.146. The van der Waals surface area contributed by atoms with Crippen molar-refractivity contribution < 1.29 is 9.47 Å². The summed E-state index contributed by atoms with van der Waals surface area (Å²) in [5.74, 6) is 0.813. The molecule has 0 amide bonds. The Morgan fingerprint density at radius 1 is 0.919 bits per heavy atom. The minimum absolute atomic E-state index is 0.475. The second kappa shape index (κ2) is 10.6. The van der Waals surface area contributed by atoms with Crippen LogP contribution in [-0.4, -0.2) is 31.9 Å². The van der Waals surface area contributed by atoms with Gasteiger partial charge in [0.15, 0.2) is 0 Å². The van der Waals surface area contributed by atoms with Gasteiger partial charge in [-0.05, 0) is 59.8 Å². The molecule has 1 aliphatic heterocycles. The second-order valence-corrected chi connectivity index (χ2v) is 10.5. The van der Waals surface area contributed by atoms with E-state index in [0.717, 1.165) is 64.3 Å². The largest absolute Gasteiger partial charge is 0.491 e. The Morgan fingerprint density at radius 3 is 2.70 bits per heavy atom. The maximum atomic E-state index is 6.47. The smallest absolute Gasteiger partial charge is 0.127 e. The fourth-order valence-electron chi connectivity index (χ4n) is 5.00. The number of hydrogen-bond donors (Lipinski definition) is 1. The van der Waals surface area contributed by atoms with E-state index in [1.807, 2.05) is 36.4 Å². The van der Waals surface area contributed by atoms with Crippen molar-refractivity contribution in [2.75, 3.05) is 26.9 Å². The molecule has 6 heteroatoms. The van der Waals surface area contributed by atoms with E-state index in [9.17, 15) is 0 Å². The summed E-state index contributed by atoms with van der Waals surface area (Å²) in [6, 6.07) is 25.1. The van der Waals surface area contributed by atoms with Crippen LogP contribution in [0.3, 0.4) is 0 Å². The van der Waals surface area contributed by atoms with Crippen LogP contribution in [-0.2, 0) is 17.7 Å². The van der Waals surface area contributed by atoms with Crippen LogP contribution in [0, 0.1) is 0 Å². The SMILES string of the molecule is COCCOc1ccccc1-c1c(-c2cccc(Cl)c2)nc(-c2ccc3c(c2)CCNC3)c2ccsc12. The number of thiophene rings is 1. The van der Waals surface area contributed by atoms with E-state index in [1.54, 1.807) is 18.4 Å². The lowest BCUT2D eigenvalue weighted by Crippen LogP contribution is -2.23. The van der Waals surface area contributed by atoms with E-state index in [0.29, 0.717) is 18.2 Å². The lowest BCUT2D eigenvalue weighted by atomic mass is 9.93. The van der Waals surface area contributed by atoms with Crippen LogP contribution >= 0.6 is 22.9 Å². The van der Waals surface area contributed by atoms with E-state index in [1.165, 1.54) is 15.8 Å². The molecule has 6 rings (SSSR count). The van der Waals surface area contributed by atoms with Crippen molar-refractivity contribution >= 4 is 33.0 Å². The maximum absolute atomic E-state index is 6.47. The molecule has 0 aliphatic carbocycles. The van der Waals surface area contributed by atoms with Gasteiger partial charge in [0.2, 0.25) is 0 Å². The van der Waals surface area contributed by atoms with Gasteiger partial charge in [0.1, 0.15) is 12.4 Å². The lowest BCUT2D eigenvalue weighted by Gasteiger charge is -2.20. The molecule has 0 fully saturated rings. The minimum atomic E-state index is 0.475. The Balaban J connectivity index is 1.61. The van der Waals surface area contributed by atoms with Gasteiger partial charge in [-0.25, -0.2) is 4.98 Å². The first-order valence-electron chi connectivity index (χ1n) is 12.4. The molecule has 0 radical (unpaired) electrons. The van der Waals surface area contributed by atoms with Gasteiger partial charge in [-0.15, -0.1) is 11.3 Å². The van der Waals surface area contributed by atoms with Crippen LogP contribution in [0.25, 0.3) is 43.7 Å². The highest BCUT2D eigenvalue weighted by Crippen LogP contribution is 2.46. The highest BCUT2D eigenvalue weighted by molar-refractivity contribution is 7.18. The maximum Gasteiger partial charge on any atom is 0.127 e. The number of benzene rings is 3. The van der Waals surface area contributed by atoms with E-state index in [4.69, 9.17) is 26.1 Å². The standard InChI is InChI=1S/C31H27ClN2O2S/c1-35-14-15-36-27-8-3-2-7-25(27)28-30(21-5-4-6-24(32)18-21)34-29(26-12-16-37-31(26)28)22-9-10-23-19-33-13-11-20(23)17-22/h2-10,12,16-18,33H,11,13-15,19H2,1H3. The average molecular weight is 527 g/mol. The van der Waals surface area contributed by atoms with Gasteiger partial charge in [0.25, 0.3) is 0 Å². The summed E-state index contributed by atoms with van der Waals surface area (Å²) in [5.41, 5.74) is 8.85. The van der Waals surface area contributed by atoms with Gasteiger partial charge in [-0.2, -0.15) is 0 Å². The highest BCUT2D eigenvalue weighted by atomic mass is 35.5. The van der Waals surface area contributed by atoms with Crippen LogP contribution in [0.5, 0.6) is 5.75 Å². The van der Waals surface area contributed by atoms with Gasteiger partial charge in [-0.1, -0.05) is 54.1 Å². The number of ether oxygens (including phenoxy) is 2. The molecule has 4 nitrogen and oxygen atoms in total. The molecule has 0 saturated carbocycles. The summed E-state index contributed by atoms with van der Waals surface area (Å²) in [7, 11) is 1.68. The summed E-state index contributed by atoms with van der Waals surface area (Å²) in [4.78, 5) is 5.37. The molecule has 37 heavy (non-hydrogen) atoms. The zero-order chi connectivity index (χ0) is 25.2. The first kappa shape index (κ1) is 24.1. The molecule has 5 aromatic rings. The minimum Gasteiger partial charge on any atom is -0.491 e. The summed E-state index contributed by atoms with van der Waals surface area (Å²) in [6.07, 6.45) is 1.03. The Labute approximate surface area is 225 Å². The zero-order valence-corrected chi connectivity index (χ0v) is 22.2. The monoisotopic (exact) mass is 526 g/mol. The van der Waals surface area contributed by atoms with E-state index < -0.39 is 0 Å². The van der Waals surface area contributed by atoms with Gasteiger partial charge >= 0.3 is 0 Å². The van der Waals surface area contributed by atoms with E-state index >= 15 is 0 Å². The number of pyridine rings is 1. The topological polar surface area (TPSA) is 43.4 Å². The molecule has 0 bridgehead atoms. The van der Waals surface area contributed by atoms with E-state index in [-0.39, 0.29) is 0 Å². The van der Waals surface area contributed by atoms with Crippen molar-refractivity contribution in [1.29, 1.82) is 0 Å². The van der Waals surface area contributed by atoms with Crippen molar-refractivity contribution in [2.45, 2.75) is 13.0 Å². The number of para-hydroxylation sites is 1. The third-order valence-corrected chi connectivity index (χ3v) is 7.94. The van der Waals surface area contributed by atoms with Crippen LogP contribution in [0.1, 0.15) is 11.1 Å². The van der Waals surface area contributed by atoms with Crippen LogP contribution in [0.2, 0.25) is 5.02 Å². The normalized spacial score (nSPS) is 13.0. The molecule has 1 aliphatic rings.